The number of thiazole rings is 1. The lowest BCUT2D eigenvalue weighted by Gasteiger charge is -2.12. The van der Waals surface area contributed by atoms with Crippen molar-refractivity contribution in [2.45, 2.75) is 25.7 Å². The number of aryl methyl sites for hydroxylation is 3. The van der Waals surface area contributed by atoms with Gasteiger partial charge in [-0.2, -0.15) is 0 Å². The van der Waals surface area contributed by atoms with Crippen molar-refractivity contribution in [2.75, 3.05) is 4.72 Å². The van der Waals surface area contributed by atoms with Crippen LogP contribution in [0.4, 0.5) is 5.69 Å². The molecule has 1 aromatic heterocycles. The van der Waals surface area contributed by atoms with Crippen LogP contribution in [0.1, 0.15) is 16.1 Å². The van der Waals surface area contributed by atoms with E-state index >= 15 is 0 Å². The molecule has 4 nitrogen and oxygen atoms in total. The van der Waals surface area contributed by atoms with Gasteiger partial charge < -0.3 is 0 Å². The van der Waals surface area contributed by atoms with Gasteiger partial charge in [0.1, 0.15) is 0 Å². The fourth-order valence-corrected chi connectivity index (χ4v) is 4.54. The Hall–Kier alpha value is -1.89. The molecule has 0 saturated carbocycles. The van der Waals surface area contributed by atoms with E-state index < -0.39 is 10.0 Å². The number of nitrogens with zero attached hydrogens (tertiary/aromatic N) is 1. The summed E-state index contributed by atoms with van der Waals surface area (Å²) in [6, 6.07) is 10.4. The fraction of sp³-hybridized carbons (Fsp3) is 0.167. The molecular weight excluding hydrogens is 376 g/mol. The molecule has 0 saturated heterocycles. The van der Waals surface area contributed by atoms with Crippen LogP contribution in [0.3, 0.4) is 0 Å². The van der Waals surface area contributed by atoms with E-state index in [9.17, 15) is 8.42 Å². The molecule has 0 bridgehead atoms. The van der Waals surface area contributed by atoms with E-state index in [1.165, 1.54) is 11.3 Å². The van der Waals surface area contributed by atoms with E-state index in [4.69, 9.17) is 11.6 Å². The highest BCUT2D eigenvalue weighted by Crippen LogP contribution is 2.28. The highest BCUT2D eigenvalue weighted by atomic mass is 35.5. The first-order valence-corrected chi connectivity index (χ1v) is 10.3. The SMILES string of the molecule is Cc1nc(-c2ccc(C)c(S(=O)(=O)Nc3ccc(C)c(Cl)c3)c2)cs1. The number of rotatable bonds is 4. The molecule has 1 N–H and O–H groups in total. The Morgan fingerprint density at radius 2 is 1.76 bits per heavy atom. The molecule has 0 aliphatic rings. The lowest BCUT2D eigenvalue weighted by Crippen LogP contribution is -2.14. The standard InChI is InChI=1S/C18H17ClN2O2S2/c1-11-5-7-15(9-16(11)19)21-25(22,23)18-8-14(6-4-12(18)2)17-10-24-13(3)20-17/h4-10,21H,1-3H3. The Labute approximate surface area is 156 Å². The van der Waals surface area contributed by atoms with Gasteiger partial charge in [-0.25, -0.2) is 13.4 Å². The number of anilines is 1. The Balaban J connectivity index is 2.00. The summed E-state index contributed by atoms with van der Waals surface area (Å²) < 4.78 is 28.3. The minimum atomic E-state index is -3.73. The first-order chi connectivity index (χ1) is 11.8. The molecule has 0 atom stereocenters. The van der Waals surface area contributed by atoms with Gasteiger partial charge in [0.15, 0.2) is 0 Å². The summed E-state index contributed by atoms with van der Waals surface area (Å²) >= 11 is 7.62. The van der Waals surface area contributed by atoms with Crippen LogP contribution in [-0.4, -0.2) is 13.4 Å². The van der Waals surface area contributed by atoms with E-state index in [1.54, 1.807) is 37.3 Å². The summed E-state index contributed by atoms with van der Waals surface area (Å²) in [5.74, 6) is 0. The van der Waals surface area contributed by atoms with Gasteiger partial charge in [0, 0.05) is 16.0 Å². The van der Waals surface area contributed by atoms with Crippen molar-refractivity contribution >= 4 is 38.6 Å². The Morgan fingerprint density at radius 1 is 1.04 bits per heavy atom. The zero-order valence-corrected chi connectivity index (χ0v) is 16.4. The summed E-state index contributed by atoms with van der Waals surface area (Å²) in [7, 11) is -3.73. The topological polar surface area (TPSA) is 59.1 Å². The van der Waals surface area contributed by atoms with Crippen molar-refractivity contribution in [2.24, 2.45) is 0 Å². The maximum Gasteiger partial charge on any atom is 0.262 e. The van der Waals surface area contributed by atoms with Gasteiger partial charge in [0.2, 0.25) is 0 Å². The van der Waals surface area contributed by atoms with Crippen molar-refractivity contribution < 1.29 is 8.42 Å². The Morgan fingerprint density at radius 3 is 2.40 bits per heavy atom. The summed E-state index contributed by atoms with van der Waals surface area (Å²) in [6.45, 7) is 5.56. The minimum absolute atomic E-state index is 0.229. The number of hydrogen-bond donors (Lipinski definition) is 1. The molecule has 0 spiro atoms. The van der Waals surface area contributed by atoms with E-state index in [1.807, 2.05) is 25.3 Å². The molecule has 130 valence electrons. The zero-order valence-electron chi connectivity index (χ0n) is 14.0. The van der Waals surface area contributed by atoms with Crippen LogP contribution in [0, 0.1) is 20.8 Å². The molecule has 0 aliphatic heterocycles. The molecule has 0 radical (unpaired) electrons. The van der Waals surface area contributed by atoms with Crippen LogP contribution >= 0.6 is 22.9 Å². The number of benzene rings is 2. The quantitative estimate of drug-likeness (QED) is 0.664. The minimum Gasteiger partial charge on any atom is -0.280 e. The molecule has 0 fully saturated rings. The van der Waals surface area contributed by atoms with Crippen molar-refractivity contribution in [3.63, 3.8) is 0 Å². The second kappa shape index (κ2) is 6.78. The zero-order chi connectivity index (χ0) is 18.2. The van der Waals surface area contributed by atoms with Gasteiger partial charge in [-0.1, -0.05) is 29.8 Å². The van der Waals surface area contributed by atoms with E-state index in [0.717, 1.165) is 21.8 Å². The number of nitrogens with one attached hydrogen (secondary N) is 1. The van der Waals surface area contributed by atoms with Crippen LogP contribution in [0.15, 0.2) is 46.7 Å². The molecule has 0 aliphatic carbocycles. The van der Waals surface area contributed by atoms with Gasteiger partial charge in [-0.15, -0.1) is 11.3 Å². The number of aromatic nitrogens is 1. The highest BCUT2D eigenvalue weighted by molar-refractivity contribution is 7.92. The van der Waals surface area contributed by atoms with Crippen molar-refractivity contribution in [1.82, 2.24) is 4.98 Å². The summed E-state index contributed by atoms with van der Waals surface area (Å²) in [4.78, 5) is 4.65. The second-order valence-corrected chi connectivity index (χ2v) is 8.92. The largest absolute Gasteiger partial charge is 0.280 e. The van der Waals surface area contributed by atoms with Crippen molar-refractivity contribution in [3.8, 4) is 11.3 Å². The molecule has 3 aromatic rings. The third-order valence-corrected chi connectivity index (χ3v) is 6.52. The van der Waals surface area contributed by atoms with Gasteiger partial charge in [0.05, 0.1) is 21.3 Å². The lowest BCUT2D eigenvalue weighted by atomic mass is 10.1. The number of sulfonamides is 1. The average molecular weight is 393 g/mol. The van der Waals surface area contributed by atoms with Gasteiger partial charge in [-0.3, -0.25) is 4.72 Å². The highest BCUT2D eigenvalue weighted by Gasteiger charge is 2.19. The van der Waals surface area contributed by atoms with Crippen LogP contribution in [0.2, 0.25) is 5.02 Å². The van der Waals surface area contributed by atoms with Crippen molar-refractivity contribution in [3.05, 3.63) is 62.9 Å². The van der Waals surface area contributed by atoms with Gasteiger partial charge >= 0.3 is 0 Å². The number of halogens is 1. The third-order valence-electron chi connectivity index (χ3n) is 3.82. The predicted octanol–water partition coefficient (Wildman–Crippen LogP) is 5.19. The monoisotopic (exact) mass is 392 g/mol. The first-order valence-electron chi connectivity index (χ1n) is 7.58. The lowest BCUT2D eigenvalue weighted by molar-refractivity contribution is 0.600. The molecule has 0 unspecified atom stereocenters. The normalized spacial score (nSPS) is 11.5. The number of hydrogen-bond acceptors (Lipinski definition) is 4. The summed E-state index contributed by atoms with van der Waals surface area (Å²) in [5.41, 5.74) is 3.54. The smallest absolute Gasteiger partial charge is 0.262 e. The van der Waals surface area contributed by atoms with Crippen LogP contribution < -0.4 is 4.72 Å². The molecule has 3 rings (SSSR count). The van der Waals surface area contributed by atoms with Gasteiger partial charge in [-0.05, 0) is 50.1 Å². The fourth-order valence-electron chi connectivity index (χ4n) is 2.41. The van der Waals surface area contributed by atoms with Crippen LogP contribution in [-0.2, 0) is 10.0 Å². The summed E-state index contributed by atoms with van der Waals surface area (Å²) in [5, 5.41) is 3.37. The molecule has 2 aromatic carbocycles. The molecule has 25 heavy (non-hydrogen) atoms. The maximum atomic E-state index is 12.8. The van der Waals surface area contributed by atoms with Crippen molar-refractivity contribution in [1.29, 1.82) is 0 Å². The average Bonchev–Trinajstić information content (AvgIpc) is 2.97. The second-order valence-electron chi connectivity index (χ2n) is 5.80. The summed E-state index contributed by atoms with van der Waals surface area (Å²) in [6.07, 6.45) is 0. The Bertz CT molecular complexity index is 1040. The molecule has 0 amide bonds. The molecule has 7 heteroatoms. The third kappa shape index (κ3) is 3.86. The van der Waals surface area contributed by atoms with Crippen LogP contribution in [0.5, 0.6) is 0 Å². The van der Waals surface area contributed by atoms with E-state index in [-0.39, 0.29) is 4.90 Å². The molecular formula is C18H17ClN2O2S2. The first kappa shape index (κ1) is 17.9. The maximum absolute atomic E-state index is 12.8. The van der Waals surface area contributed by atoms with Crippen LogP contribution in [0.25, 0.3) is 11.3 Å². The predicted molar refractivity (Wildman–Crippen MR) is 104 cm³/mol. The Kier molecular flexibility index (Phi) is 4.86. The van der Waals surface area contributed by atoms with E-state index in [0.29, 0.717) is 16.3 Å². The van der Waals surface area contributed by atoms with Gasteiger partial charge in [0.25, 0.3) is 10.0 Å². The molecule has 1 heterocycles. The van der Waals surface area contributed by atoms with E-state index in [2.05, 4.69) is 9.71 Å².